The normalized spacial score (nSPS) is 26.4. The summed E-state index contributed by atoms with van der Waals surface area (Å²) in [5, 5.41) is 3.86. The summed E-state index contributed by atoms with van der Waals surface area (Å²) in [6.07, 6.45) is 4.03. The van der Waals surface area contributed by atoms with Crippen molar-refractivity contribution in [1.82, 2.24) is 5.32 Å². The largest absolute Gasteiger partial charge is 0.369 e. The van der Waals surface area contributed by atoms with Crippen molar-refractivity contribution in [2.45, 2.75) is 59.0 Å². The maximum Gasteiger partial charge on any atom is 0.0412 e. The highest BCUT2D eigenvalue weighted by molar-refractivity contribution is 5.55. The standard InChI is InChI=1S/C19H30N2/c1-18(2,3)11-12-21-14-19(4,16-9-10-16)20-13-15-7-5-6-8-17(15)21/h5-8,16,20H,9-14H2,1-4H3. The Morgan fingerprint density at radius 1 is 1.24 bits per heavy atom. The van der Waals surface area contributed by atoms with E-state index in [9.17, 15) is 0 Å². The lowest BCUT2D eigenvalue weighted by atomic mass is 9.91. The van der Waals surface area contributed by atoms with Crippen molar-refractivity contribution in [3.63, 3.8) is 0 Å². The van der Waals surface area contributed by atoms with Crippen LogP contribution in [-0.4, -0.2) is 18.6 Å². The van der Waals surface area contributed by atoms with E-state index in [1.807, 2.05) is 0 Å². The maximum atomic E-state index is 3.86. The summed E-state index contributed by atoms with van der Waals surface area (Å²) in [7, 11) is 0. The number of rotatable bonds is 3. The van der Waals surface area contributed by atoms with E-state index in [2.05, 4.69) is 62.2 Å². The molecule has 0 saturated heterocycles. The van der Waals surface area contributed by atoms with Crippen LogP contribution < -0.4 is 10.2 Å². The zero-order chi connectivity index (χ0) is 15.1. The van der Waals surface area contributed by atoms with Gasteiger partial charge in [0.2, 0.25) is 0 Å². The van der Waals surface area contributed by atoms with Crippen LogP contribution in [-0.2, 0) is 6.54 Å². The molecule has 1 aliphatic carbocycles. The first-order chi connectivity index (χ1) is 9.87. The second-order valence-corrected chi connectivity index (χ2v) is 8.41. The monoisotopic (exact) mass is 286 g/mol. The second-order valence-electron chi connectivity index (χ2n) is 8.41. The first-order valence-corrected chi connectivity index (χ1v) is 8.45. The fourth-order valence-electron chi connectivity index (χ4n) is 3.47. The molecule has 0 amide bonds. The van der Waals surface area contributed by atoms with Crippen molar-refractivity contribution in [1.29, 1.82) is 0 Å². The number of fused-ring (bicyclic) bond motifs is 1. The van der Waals surface area contributed by atoms with Gasteiger partial charge in [0, 0.05) is 30.9 Å². The third-order valence-electron chi connectivity index (χ3n) is 5.14. The average molecular weight is 286 g/mol. The molecule has 3 rings (SSSR count). The molecular formula is C19H30N2. The minimum absolute atomic E-state index is 0.275. The van der Waals surface area contributed by atoms with Gasteiger partial charge in [-0.05, 0) is 49.1 Å². The quantitative estimate of drug-likeness (QED) is 0.896. The van der Waals surface area contributed by atoms with E-state index < -0.39 is 0 Å². The first-order valence-electron chi connectivity index (χ1n) is 8.45. The summed E-state index contributed by atoms with van der Waals surface area (Å²) in [4.78, 5) is 2.64. The van der Waals surface area contributed by atoms with Crippen LogP contribution in [0.5, 0.6) is 0 Å². The van der Waals surface area contributed by atoms with Crippen molar-refractivity contribution in [2.75, 3.05) is 18.0 Å². The zero-order valence-electron chi connectivity index (χ0n) is 14.1. The van der Waals surface area contributed by atoms with Crippen LogP contribution in [0.15, 0.2) is 24.3 Å². The molecule has 1 aromatic rings. The van der Waals surface area contributed by atoms with E-state index in [4.69, 9.17) is 0 Å². The van der Waals surface area contributed by atoms with Crippen LogP contribution in [0.2, 0.25) is 0 Å². The molecule has 1 saturated carbocycles. The number of nitrogens with zero attached hydrogens (tertiary/aromatic N) is 1. The van der Waals surface area contributed by atoms with Crippen molar-refractivity contribution in [3.05, 3.63) is 29.8 Å². The van der Waals surface area contributed by atoms with E-state index in [1.165, 1.54) is 30.5 Å². The van der Waals surface area contributed by atoms with Gasteiger partial charge in [-0.3, -0.25) is 0 Å². The Labute approximate surface area is 129 Å². The summed E-state index contributed by atoms with van der Waals surface area (Å²) in [5.74, 6) is 0.865. The van der Waals surface area contributed by atoms with E-state index in [0.29, 0.717) is 5.41 Å². The molecule has 1 aliphatic heterocycles. The van der Waals surface area contributed by atoms with Crippen LogP contribution in [0, 0.1) is 11.3 Å². The molecule has 21 heavy (non-hydrogen) atoms. The summed E-state index contributed by atoms with van der Waals surface area (Å²) < 4.78 is 0. The van der Waals surface area contributed by atoms with Crippen molar-refractivity contribution in [3.8, 4) is 0 Å². The van der Waals surface area contributed by atoms with E-state index in [-0.39, 0.29) is 5.54 Å². The summed E-state index contributed by atoms with van der Waals surface area (Å²) in [5.41, 5.74) is 3.57. The first kappa shape index (κ1) is 14.9. The predicted octanol–water partition coefficient (Wildman–Crippen LogP) is 4.20. The average Bonchev–Trinajstić information content (AvgIpc) is 3.25. The summed E-state index contributed by atoms with van der Waals surface area (Å²) in [6.45, 7) is 12.8. The van der Waals surface area contributed by atoms with Gasteiger partial charge in [-0.25, -0.2) is 0 Å². The maximum absolute atomic E-state index is 3.86. The zero-order valence-corrected chi connectivity index (χ0v) is 14.1. The van der Waals surface area contributed by atoms with Gasteiger partial charge in [0.15, 0.2) is 0 Å². The van der Waals surface area contributed by atoms with Gasteiger partial charge in [-0.15, -0.1) is 0 Å². The van der Waals surface area contributed by atoms with Gasteiger partial charge in [0.1, 0.15) is 0 Å². The molecule has 1 N–H and O–H groups in total. The highest BCUT2D eigenvalue weighted by Crippen LogP contribution is 2.42. The molecule has 0 aromatic heterocycles. The Bertz CT molecular complexity index is 499. The predicted molar refractivity (Wildman–Crippen MR) is 90.7 cm³/mol. The summed E-state index contributed by atoms with van der Waals surface area (Å²) in [6, 6.07) is 8.94. The minimum atomic E-state index is 0.275. The van der Waals surface area contributed by atoms with E-state index >= 15 is 0 Å². The molecule has 2 heteroatoms. The van der Waals surface area contributed by atoms with Crippen molar-refractivity contribution >= 4 is 5.69 Å². The van der Waals surface area contributed by atoms with Crippen molar-refractivity contribution < 1.29 is 0 Å². The molecule has 1 unspecified atom stereocenters. The highest BCUT2D eigenvalue weighted by Gasteiger charge is 2.43. The van der Waals surface area contributed by atoms with Gasteiger partial charge in [-0.1, -0.05) is 39.0 Å². The van der Waals surface area contributed by atoms with E-state index in [1.54, 1.807) is 0 Å². The van der Waals surface area contributed by atoms with Crippen molar-refractivity contribution in [2.24, 2.45) is 11.3 Å². The summed E-state index contributed by atoms with van der Waals surface area (Å²) >= 11 is 0. The lowest BCUT2D eigenvalue weighted by Crippen LogP contribution is -2.51. The number of benzene rings is 1. The van der Waals surface area contributed by atoms with E-state index in [0.717, 1.165) is 25.6 Å². The number of anilines is 1. The lowest BCUT2D eigenvalue weighted by Gasteiger charge is -2.36. The molecule has 0 spiro atoms. The molecule has 1 heterocycles. The Kier molecular flexibility index (Phi) is 3.77. The Morgan fingerprint density at radius 3 is 2.62 bits per heavy atom. The Morgan fingerprint density at radius 2 is 1.95 bits per heavy atom. The smallest absolute Gasteiger partial charge is 0.0412 e. The number of hydrogen-bond donors (Lipinski definition) is 1. The number of para-hydroxylation sites is 1. The molecule has 2 nitrogen and oxygen atoms in total. The van der Waals surface area contributed by atoms with Crippen LogP contribution in [0.1, 0.15) is 52.5 Å². The molecule has 1 fully saturated rings. The van der Waals surface area contributed by atoms with Gasteiger partial charge in [0.25, 0.3) is 0 Å². The van der Waals surface area contributed by atoms with Gasteiger partial charge >= 0.3 is 0 Å². The third-order valence-corrected chi connectivity index (χ3v) is 5.14. The molecular weight excluding hydrogens is 256 g/mol. The number of nitrogens with one attached hydrogen (secondary N) is 1. The minimum Gasteiger partial charge on any atom is -0.369 e. The molecule has 0 radical (unpaired) electrons. The Balaban J connectivity index is 1.85. The van der Waals surface area contributed by atoms with Gasteiger partial charge < -0.3 is 10.2 Å². The van der Waals surface area contributed by atoms with Gasteiger partial charge in [-0.2, -0.15) is 0 Å². The second kappa shape index (κ2) is 5.31. The topological polar surface area (TPSA) is 15.3 Å². The fraction of sp³-hybridized carbons (Fsp3) is 0.684. The lowest BCUT2D eigenvalue weighted by molar-refractivity contribution is 0.308. The molecule has 1 aromatic carbocycles. The van der Waals surface area contributed by atoms with Crippen LogP contribution in [0.25, 0.3) is 0 Å². The molecule has 116 valence electrons. The third kappa shape index (κ3) is 3.42. The van der Waals surface area contributed by atoms with Crippen LogP contribution in [0.4, 0.5) is 5.69 Å². The van der Waals surface area contributed by atoms with Crippen LogP contribution in [0.3, 0.4) is 0 Å². The Hall–Kier alpha value is -1.02. The number of hydrogen-bond acceptors (Lipinski definition) is 2. The fourth-order valence-corrected chi connectivity index (χ4v) is 3.47. The molecule has 0 bridgehead atoms. The van der Waals surface area contributed by atoms with Gasteiger partial charge in [0.05, 0.1) is 0 Å². The highest BCUT2D eigenvalue weighted by atomic mass is 15.2. The molecule has 2 aliphatic rings. The SMILES string of the molecule is CC(C)(C)CCN1CC(C)(C2CC2)NCc2ccccc21. The molecule has 1 atom stereocenters. The van der Waals surface area contributed by atoms with Crippen LogP contribution >= 0.6 is 0 Å².